The van der Waals surface area contributed by atoms with Gasteiger partial charge in [-0.15, -0.1) is 0 Å². The van der Waals surface area contributed by atoms with Crippen molar-refractivity contribution < 1.29 is 9.18 Å². The quantitative estimate of drug-likeness (QED) is 0.833. The van der Waals surface area contributed by atoms with Crippen LogP contribution in [0.5, 0.6) is 0 Å². The van der Waals surface area contributed by atoms with E-state index >= 15 is 0 Å². The molecule has 0 fully saturated rings. The van der Waals surface area contributed by atoms with Gasteiger partial charge in [-0.1, -0.05) is 13.3 Å². The van der Waals surface area contributed by atoms with E-state index in [0.29, 0.717) is 18.0 Å². The van der Waals surface area contributed by atoms with Gasteiger partial charge in [0.15, 0.2) is 0 Å². The Hall–Kier alpha value is -1.42. The topological polar surface area (TPSA) is 32.3 Å². The minimum absolute atomic E-state index is 0.198. The fraction of sp³-hybridized carbons (Fsp3) is 0.562. The second-order valence-corrected chi connectivity index (χ2v) is 5.59. The van der Waals surface area contributed by atoms with Crippen LogP contribution >= 0.6 is 0 Å². The van der Waals surface area contributed by atoms with E-state index < -0.39 is 0 Å². The van der Waals surface area contributed by atoms with Crippen molar-refractivity contribution >= 4 is 5.91 Å². The van der Waals surface area contributed by atoms with Gasteiger partial charge in [-0.25, -0.2) is 4.39 Å². The molecule has 1 unspecified atom stereocenters. The summed E-state index contributed by atoms with van der Waals surface area (Å²) in [7, 11) is 4.08. The van der Waals surface area contributed by atoms with E-state index in [1.54, 1.807) is 13.0 Å². The maximum atomic E-state index is 13.3. The Morgan fingerprint density at radius 1 is 1.35 bits per heavy atom. The minimum atomic E-state index is -0.366. The number of carbonyl (C=O) groups is 1. The maximum absolute atomic E-state index is 13.3. The summed E-state index contributed by atoms with van der Waals surface area (Å²) in [5.41, 5.74) is 1.15. The third kappa shape index (κ3) is 5.70. The van der Waals surface area contributed by atoms with Crippen molar-refractivity contribution in [2.24, 2.45) is 5.92 Å². The molecule has 1 aromatic carbocycles. The van der Waals surface area contributed by atoms with E-state index in [-0.39, 0.29) is 11.7 Å². The van der Waals surface area contributed by atoms with Crippen LogP contribution < -0.4 is 5.32 Å². The third-order valence-corrected chi connectivity index (χ3v) is 3.42. The molecular formula is C16H25FN2O. The van der Waals surface area contributed by atoms with Gasteiger partial charge in [0, 0.05) is 12.1 Å². The van der Waals surface area contributed by atoms with Crippen molar-refractivity contribution in [2.75, 3.05) is 27.2 Å². The Morgan fingerprint density at radius 2 is 2.05 bits per heavy atom. The number of halogens is 1. The molecule has 0 heterocycles. The molecule has 3 nitrogen and oxygen atoms in total. The van der Waals surface area contributed by atoms with Gasteiger partial charge in [-0.2, -0.15) is 0 Å². The number of amides is 1. The summed E-state index contributed by atoms with van der Waals surface area (Å²) in [6.45, 7) is 5.55. The van der Waals surface area contributed by atoms with E-state index in [1.165, 1.54) is 12.1 Å². The Balaban J connectivity index is 2.52. The average Bonchev–Trinajstić information content (AvgIpc) is 2.37. The van der Waals surface area contributed by atoms with Crippen molar-refractivity contribution in [1.82, 2.24) is 10.2 Å². The van der Waals surface area contributed by atoms with Gasteiger partial charge in [0.2, 0.25) is 0 Å². The first-order valence-electron chi connectivity index (χ1n) is 7.12. The zero-order chi connectivity index (χ0) is 15.1. The molecule has 0 aromatic heterocycles. The van der Waals surface area contributed by atoms with E-state index in [1.807, 2.05) is 14.1 Å². The molecule has 0 saturated heterocycles. The van der Waals surface area contributed by atoms with E-state index in [0.717, 1.165) is 24.9 Å². The molecule has 0 radical (unpaired) electrons. The number of carbonyl (C=O) groups excluding carboxylic acids is 1. The van der Waals surface area contributed by atoms with E-state index in [4.69, 9.17) is 0 Å². The SMILES string of the molecule is CCC(CCN(C)C)CNC(=O)c1cc(C)cc(F)c1. The lowest BCUT2D eigenvalue weighted by molar-refractivity contribution is 0.0945. The number of nitrogens with one attached hydrogen (secondary N) is 1. The van der Waals surface area contributed by atoms with Gasteiger partial charge in [-0.3, -0.25) is 4.79 Å². The van der Waals surface area contributed by atoms with Gasteiger partial charge in [-0.05, 0) is 63.7 Å². The lowest BCUT2D eigenvalue weighted by Crippen LogP contribution is -2.30. The minimum Gasteiger partial charge on any atom is -0.352 e. The highest BCUT2D eigenvalue weighted by Gasteiger charge is 2.11. The molecule has 1 atom stereocenters. The summed E-state index contributed by atoms with van der Waals surface area (Å²) in [4.78, 5) is 14.2. The first-order valence-corrected chi connectivity index (χ1v) is 7.12. The molecular weight excluding hydrogens is 255 g/mol. The summed E-state index contributed by atoms with van der Waals surface area (Å²) in [5.74, 6) is -0.110. The first kappa shape index (κ1) is 16.6. The molecule has 1 aromatic rings. The van der Waals surface area contributed by atoms with Crippen molar-refractivity contribution in [3.05, 3.63) is 35.1 Å². The summed E-state index contributed by atoms with van der Waals surface area (Å²) >= 11 is 0. The fourth-order valence-corrected chi connectivity index (χ4v) is 2.10. The van der Waals surface area contributed by atoms with Gasteiger partial charge in [0.25, 0.3) is 5.91 Å². The van der Waals surface area contributed by atoms with Crippen LogP contribution in [-0.4, -0.2) is 38.0 Å². The number of rotatable bonds is 7. The van der Waals surface area contributed by atoms with Crippen LogP contribution in [-0.2, 0) is 0 Å². The molecule has 0 spiro atoms. The van der Waals surface area contributed by atoms with Crippen molar-refractivity contribution in [3.8, 4) is 0 Å². The van der Waals surface area contributed by atoms with Gasteiger partial charge >= 0.3 is 0 Å². The van der Waals surface area contributed by atoms with Crippen LogP contribution in [0.1, 0.15) is 35.7 Å². The summed E-state index contributed by atoms with van der Waals surface area (Å²) in [5, 5.41) is 2.90. The molecule has 1 amide bonds. The smallest absolute Gasteiger partial charge is 0.251 e. The zero-order valence-electron chi connectivity index (χ0n) is 12.9. The molecule has 1 rings (SSSR count). The van der Waals surface area contributed by atoms with Gasteiger partial charge in [0.05, 0.1) is 0 Å². The number of aryl methyl sites for hydroxylation is 1. The predicted molar refractivity (Wildman–Crippen MR) is 80.4 cm³/mol. The van der Waals surface area contributed by atoms with E-state index in [2.05, 4.69) is 17.1 Å². The molecule has 112 valence electrons. The number of nitrogens with zero attached hydrogens (tertiary/aromatic N) is 1. The zero-order valence-corrected chi connectivity index (χ0v) is 12.9. The molecule has 4 heteroatoms. The molecule has 1 N–H and O–H groups in total. The van der Waals surface area contributed by atoms with Crippen molar-refractivity contribution in [3.63, 3.8) is 0 Å². The number of hydrogen-bond acceptors (Lipinski definition) is 2. The Morgan fingerprint density at radius 3 is 2.60 bits per heavy atom. The molecule has 0 aliphatic heterocycles. The van der Waals surface area contributed by atoms with Crippen LogP contribution in [0.15, 0.2) is 18.2 Å². The molecule has 20 heavy (non-hydrogen) atoms. The maximum Gasteiger partial charge on any atom is 0.251 e. The van der Waals surface area contributed by atoms with Crippen molar-refractivity contribution in [2.45, 2.75) is 26.7 Å². The molecule has 0 saturated carbocycles. The third-order valence-electron chi connectivity index (χ3n) is 3.42. The highest BCUT2D eigenvalue weighted by atomic mass is 19.1. The predicted octanol–water partition coefficient (Wildman–Crippen LogP) is 2.84. The van der Waals surface area contributed by atoms with E-state index in [9.17, 15) is 9.18 Å². The normalized spacial score (nSPS) is 12.5. The standard InChI is InChI=1S/C16H25FN2O/c1-5-13(6-7-19(3)4)11-18-16(20)14-8-12(2)9-15(17)10-14/h8-10,13H,5-7,11H2,1-4H3,(H,18,20). The molecule has 0 aliphatic rings. The number of benzene rings is 1. The summed E-state index contributed by atoms with van der Waals surface area (Å²) in [6, 6.07) is 4.41. The Kier molecular flexibility index (Phi) is 6.65. The number of hydrogen-bond donors (Lipinski definition) is 1. The van der Waals surface area contributed by atoms with Gasteiger partial charge in [0.1, 0.15) is 5.82 Å². The van der Waals surface area contributed by atoms with Crippen LogP contribution in [0.2, 0.25) is 0 Å². The highest BCUT2D eigenvalue weighted by Crippen LogP contribution is 2.10. The van der Waals surface area contributed by atoms with Crippen molar-refractivity contribution in [1.29, 1.82) is 0 Å². The lowest BCUT2D eigenvalue weighted by Gasteiger charge is -2.18. The second kappa shape index (κ2) is 8.00. The van der Waals surface area contributed by atoms with Gasteiger partial charge < -0.3 is 10.2 Å². The van der Waals surface area contributed by atoms with Crippen LogP contribution in [0.4, 0.5) is 4.39 Å². The lowest BCUT2D eigenvalue weighted by atomic mass is 10.0. The van der Waals surface area contributed by atoms with Crippen LogP contribution in [0, 0.1) is 18.7 Å². The molecule has 0 aliphatic carbocycles. The largest absolute Gasteiger partial charge is 0.352 e. The summed E-state index contributed by atoms with van der Waals surface area (Å²) < 4.78 is 13.3. The Labute approximate surface area is 121 Å². The first-order chi connectivity index (χ1) is 9.42. The highest BCUT2D eigenvalue weighted by molar-refractivity contribution is 5.94. The second-order valence-electron chi connectivity index (χ2n) is 5.59. The summed E-state index contributed by atoms with van der Waals surface area (Å²) in [6.07, 6.45) is 2.07. The molecule has 0 bridgehead atoms. The van der Waals surface area contributed by atoms with Crippen LogP contribution in [0.3, 0.4) is 0 Å². The monoisotopic (exact) mass is 280 g/mol. The fourth-order valence-electron chi connectivity index (χ4n) is 2.10. The van der Waals surface area contributed by atoms with Crippen LogP contribution in [0.25, 0.3) is 0 Å². The Bertz CT molecular complexity index is 426. The average molecular weight is 280 g/mol.